The van der Waals surface area contributed by atoms with Crippen LogP contribution in [0, 0.1) is 0 Å². The third-order valence-corrected chi connectivity index (χ3v) is 4.58. The maximum absolute atomic E-state index is 13.1. The van der Waals surface area contributed by atoms with Crippen molar-refractivity contribution in [2.75, 3.05) is 13.1 Å². The Hall–Kier alpha value is -2.55. The molecule has 0 atom stereocenters. The lowest BCUT2D eigenvalue weighted by Crippen LogP contribution is -2.15. The lowest BCUT2D eigenvalue weighted by Gasteiger charge is -2.12. The standard InChI is InChI=1S/C25H28F3N/c1-3-17-29-18-9-10-20(2)22-12-5-4-6-13-23(19-22)21-11-7-8-14-24(16-15-21)25(26,27)28/h4-6,8,10-13,15-16,19,29H,3,9,14,17-18H2,1-2H3/b5-4?,6-4+,12-5+,13-6?,20-10-,21-15+,22-12?,22-19+,23-13+,23-19?,24-16+. The molecule has 4 heteroatoms. The van der Waals surface area contributed by atoms with E-state index >= 15 is 0 Å². The van der Waals surface area contributed by atoms with Gasteiger partial charge in [0.1, 0.15) is 0 Å². The fourth-order valence-corrected chi connectivity index (χ4v) is 2.90. The summed E-state index contributed by atoms with van der Waals surface area (Å²) in [7, 11) is 0. The van der Waals surface area contributed by atoms with Crippen molar-refractivity contribution in [3.8, 4) is 0 Å². The van der Waals surface area contributed by atoms with Gasteiger partial charge < -0.3 is 5.32 Å². The summed E-state index contributed by atoms with van der Waals surface area (Å²) in [5.74, 6) is 0. The minimum atomic E-state index is -4.33. The Kier molecular flexibility index (Phi) is 8.98. The fraction of sp³-hybridized carbons (Fsp3) is 0.320. The lowest BCUT2D eigenvalue weighted by molar-refractivity contribution is -0.0928. The van der Waals surface area contributed by atoms with Crippen LogP contribution in [-0.4, -0.2) is 19.3 Å². The predicted molar refractivity (Wildman–Crippen MR) is 115 cm³/mol. The Bertz CT molecular complexity index is 849. The Labute approximate surface area is 171 Å². The molecule has 1 N–H and O–H groups in total. The van der Waals surface area contributed by atoms with Crippen LogP contribution in [0.4, 0.5) is 13.2 Å². The highest BCUT2D eigenvalue weighted by atomic mass is 19.4. The van der Waals surface area contributed by atoms with Crippen molar-refractivity contribution >= 4 is 0 Å². The summed E-state index contributed by atoms with van der Waals surface area (Å²) in [6.07, 6.45) is 17.3. The summed E-state index contributed by atoms with van der Waals surface area (Å²) < 4.78 is 39.3. The van der Waals surface area contributed by atoms with Gasteiger partial charge in [-0.3, -0.25) is 0 Å². The second-order valence-corrected chi connectivity index (χ2v) is 6.92. The monoisotopic (exact) mass is 399 g/mol. The first-order chi connectivity index (χ1) is 13.9. The Morgan fingerprint density at radius 1 is 1.10 bits per heavy atom. The van der Waals surface area contributed by atoms with Gasteiger partial charge in [-0.05, 0) is 73.4 Å². The van der Waals surface area contributed by atoms with Crippen molar-refractivity contribution in [3.05, 3.63) is 100 Å². The average molecular weight is 400 g/mol. The van der Waals surface area contributed by atoms with E-state index < -0.39 is 11.7 Å². The van der Waals surface area contributed by atoms with Crippen LogP contribution in [0.2, 0.25) is 0 Å². The van der Waals surface area contributed by atoms with Crippen molar-refractivity contribution in [2.24, 2.45) is 0 Å². The highest BCUT2D eigenvalue weighted by Crippen LogP contribution is 2.30. The van der Waals surface area contributed by atoms with Crippen LogP contribution >= 0.6 is 0 Å². The molecule has 0 unspecified atom stereocenters. The quantitative estimate of drug-likeness (QED) is 0.365. The van der Waals surface area contributed by atoms with E-state index in [1.807, 2.05) is 36.5 Å². The molecular weight excluding hydrogens is 371 g/mol. The molecule has 0 saturated heterocycles. The molecule has 0 radical (unpaired) electrons. The molecule has 0 aromatic heterocycles. The van der Waals surface area contributed by atoms with Gasteiger partial charge in [0.2, 0.25) is 0 Å². The number of allylic oxidation sites excluding steroid dienone is 14. The predicted octanol–water partition coefficient (Wildman–Crippen LogP) is 6.83. The van der Waals surface area contributed by atoms with Gasteiger partial charge in [0.15, 0.2) is 0 Å². The van der Waals surface area contributed by atoms with E-state index in [9.17, 15) is 13.2 Å². The maximum Gasteiger partial charge on any atom is 0.413 e. The van der Waals surface area contributed by atoms with E-state index in [-0.39, 0.29) is 6.42 Å². The Morgan fingerprint density at radius 2 is 1.93 bits per heavy atom. The first-order valence-corrected chi connectivity index (χ1v) is 9.95. The van der Waals surface area contributed by atoms with Gasteiger partial charge in [-0.2, -0.15) is 13.2 Å². The molecular formula is C25H28F3N. The first kappa shape index (κ1) is 22.7. The van der Waals surface area contributed by atoms with Crippen LogP contribution < -0.4 is 5.32 Å². The highest BCUT2D eigenvalue weighted by molar-refractivity contribution is 5.56. The molecule has 0 saturated carbocycles. The van der Waals surface area contributed by atoms with Crippen LogP contribution in [0.1, 0.15) is 33.1 Å². The van der Waals surface area contributed by atoms with Crippen LogP contribution in [0.5, 0.6) is 0 Å². The second-order valence-electron chi connectivity index (χ2n) is 6.92. The zero-order chi connectivity index (χ0) is 21.1. The summed E-state index contributed by atoms with van der Waals surface area (Å²) in [4.78, 5) is 0. The number of halogens is 3. The molecule has 29 heavy (non-hydrogen) atoms. The maximum atomic E-state index is 13.1. The number of alkyl halides is 3. The average Bonchev–Trinajstić information content (AvgIpc) is 2.61. The SMILES string of the molecule is CCCNCC\C=C(C)/C1=C/C(C2=C/C=C(/C(F)(F)F)CC=C=C\2)=C\C=C\C=C\1. The van der Waals surface area contributed by atoms with Gasteiger partial charge in [-0.1, -0.05) is 55.5 Å². The highest BCUT2D eigenvalue weighted by Gasteiger charge is 2.32. The molecule has 2 rings (SSSR count). The number of rotatable bonds is 7. The molecule has 0 aliphatic heterocycles. The van der Waals surface area contributed by atoms with E-state index in [4.69, 9.17) is 0 Å². The molecule has 0 fully saturated rings. The zero-order valence-corrected chi connectivity index (χ0v) is 17.0. The topological polar surface area (TPSA) is 12.0 Å². The van der Waals surface area contributed by atoms with Gasteiger partial charge in [-0.15, -0.1) is 5.73 Å². The summed E-state index contributed by atoms with van der Waals surface area (Å²) >= 11 is 0. The van der Waals surface area contributed by atoms with E-state index in [0.717, 1.165) is 48.7 Å². The third kappa shape index (κ3) is 7.77. The molecule has 2 aliphatic carbocycles. The van der Waals surface area contributed by atoms with Gasteiger partial charge in [0, 0.05) is 12.0 Å². The molecule has 0 aromatic carbocycles. The van der Waals surface area contributed by atoms with Gasteiger partial charge >= 0.3 is 6.18 Å². The molecule has 0 heterocycles. The summed E-state index contributed by atoms with van der Waals surface area (Å²) in [6.45, 7) is 6.13. The molecule has 154 valence electrons. The Balaban J connectivity index is 2.29. The second kappa shape index (κ2) is 11.5. The van der Waals surface area contributed by atoms with Crippen molar-refractivity contribution in [1.29, 1.82) is 0 Å². The fourth-order valence-electron chi connectivity index (χ4n) is 2.90. The van der Waals surface area contributed by atoms with Crippen LogP contribution in [0.3, 0.4) is 0 Å². The molecule has 0 aromatic rings. The largest absolute Gasteiger partial charge is 0.413 e. The van der Waals surface area contributed by atoms with Gasteiger partial charge in [0.05, 0.1) is 0 Å². The van der Waals surface area contributed by atoms with Crippen LogP contribution in [0.15, 0.2) is 100 Å². The Morgan fingerprint density at radius 3 is 2.69 bits per heavy atom. The summed E-state index contributed by atoms with van der Waals surface area (Å²) in [5, 5.41) is 3.38. The van der Waals surface area contributed by atoms with E-state index in [2.05, 4.69) is 31.0 Å². The smallest absolute Gasteiger partial charge is 0.316 e. The summed E-state index contributed by atoms with van der Waals surface area (Å²) in [5.41, 5.74) is 6.02. The van der Waals surface area contributed by atoms with E-state index in [1.54, 1.807) is 6.08 Å². The number of hydrogen-bond acceptors (Lipinski definition) is 1. The molecule has 0 bridgehead atoms. The first-order valence-electron chi connectivity index (χ1n) is 9.95. The molecule has 2 aliphatic rings. The summed E-state index contributed by atoms with van der Waals surface area (Å²) in [6, 6.07) is 0. The van der Waals surface area contributed by atoms with Gasteiger partial charge in [-0.25, -0.2) is 0 Å². The van der Waals surface area contributed by atoms with Crippen LogP contribution in [-0.2, 0) is 0 Å². The van der Waals surface area contributed by atoms with Crippen LogP contribution in [0.25, 0.3) is 0 Å². The van der Waals surface area contributed by atoms with E-state index in [1.165, 1.54) is 12.2 Å². The number of hydrogen-bond donors (Lipinski definition) is 1. The van der Waals surface area contributed by atoms with Gasteiger partial charge in [0.25, 0.3) is 0 Å². The lowest BCUT2D eigenvalue weighted by atomic mass is 9.95. The normalized spacial score (nSPS) is 27.0. The minimum Gasteiger partial charge on any atom is -0.316 e. The van der Waals surface area contributed by atoms with Crippen molar-refractivity contribution in [3.63, 3.8) is 0 Å². The van der Waals surface area contributed by atoms with Crippen molar-refractivity contribution in [1.82, 2.24) is 5.32 Å². The molecule has 0 spiro atoms. The molecule has 1 nitrogen and oxygen atoms in total. The van der Waals surface area contributed by atoms with E-state index in [0.29, 0.717) is 5.57 Å². The number of nitrogens with one attached hydrogen (secondary N) is 1. The zero-order valence-electron chi connectivity index (χ0n) is 17.0. The van der Waals surface area contributed by atoms with Crippen molar-refractivity contribution in [2.45, 2.75) is 39.3 Å². The third-order valence-electron chi connectivity index (χ3n) is 4.58. The van der Waals surface area contributed by atoms with Crippen molar-refractivity contribution < 1.29 is 13.2 Å². The molecule has 0 amide bonds. The minimum absolute atomic E-state index is 0.166.